The number of oxazole rings is 1. The van der Waals surface area contributed by atoms with Crippen molar-refractivity contribution in [3.8, 4) is 5.88 Å². The lowest BCUT2D eigenvalue weighted by atomic mass is 10.1. The highest BCUT2D eigenvalue weighted by Gasteiger charge is 2.15. The Morgan fingerprint density at radius 3 is 2.81 bits per heavy atom. The second-order valence-electron chi connectivity index (χ2n) is 3.46. The Balaban J connectivity index is 2.47. The fourth-order valence-corrected chi connectivity index (χ4v) is 1.78. The number of hydrogen-bond donors (Lipinski definition) is 1. The molecule has 1 aromatic heterocycles. The maximum Gasteiger partial charge on any atom is 0.422 e. The molecule has 1 aromatic carbocycles. The molecular formula is C11H10ClNO3. The normalized spacial score (nSPS) is 12.6. The van der Waals surface area contributed by atoms with Gasteiger partial charge in [-0.1, -0.05) is 23.7 Å². The van der Waals surface area contributed by atoms with Crippen LogP contribution in [0.4, 0.5) is 0 Å². The van der Waals surface area contributed by atoms with Crippen LogP contribution >= 0.6 is 11.6 Å². The smallest absolute Gasteiger partial charge is 0.422 e. The first-order valence-electron chi connectivity index (χ1n) is 4.74. The summed E-state index contributed by atoms with van der Waals surface area (Å²) < 4.78 is 5.75. The first-order valence-corrected chi connectivity index (χ1v) is 5.12. The van der Waals surface area contributed by atoms with Crippen LogP contribution in [0.2, 0.25) is 5.02 Å². The Hall–Kier alpha value is -1.68. The first kappa shape index (κ1) is 10.8. The van der Waals surface area contributed by atoms with Crippen LogP contribution in [0.25, 0.3) is 0 Å². The van der Waals surface area contributed by atoms with Crippen LogP contribution in [0, 0.1) is 0 Å². The highest BCUT2D eigenvalue weighted by Crippen LogP contribution is 2.23. The fraction of sp³-hybridized carbons (Fsp3) is 0.182. The van der Waals surface area contributed by atoms with Gasteiger partial charge in [0.2, 0.25) is 5.88 Å². The van der Waals surface area contributed by atoms with Gasteiger partial charge in [0.05, 0.1) is 6.04 Å². The minimum atomic E-state index is -0.593. The largest absolute Gasteiger partial charge is 0.492 e. The summed E-state index contributed by atoms with van der Waals surface area (Å²) in [4.78, 5) is 11.3. The van der Waals surface area contributed by atoms with E-state index in [9.17, 15) is 9.90 Å². The molecule has 0 amide bonds. The Labute approximate surface area is 96.7 Å². The van der Waals surface area contributed by atoms with E-state index in [-0.39, 0.29) is 11.9 Å². The van der Waals surface area contributed by atoms with Crippen LogP contribution in [-0.2, 0) is 0 Å². The Kier molecular flexibility index (Phi) is 2.75. The third-order valence-corrected chi connectivity index (χ3v) is 2.66. The molecule has 16 heavy (non-hydrogen) atoms. The van der Waals surface area contributed by atoms with Crippen molar-refractivity contribution in [2.45, 2.75) is 13.0 Å². The maximum absolute atomic E-state index is 11.3. The van der Waals surface area contributed by atoms with Gasteiger partial charge < -0.3 is 9.52 Å². The summed E-state index contributed by atoms with van der Waals surface area (Å²) in [6.07, 6.45) is 1.02. The SMILES string of the molecule is CC(c1cccc(Cl)c1)n1c(O)coc1=O. The molecular weight excluding hydrogens is 230 g/mol. The zero-order chi connectivity index (χ0) is 11.7. The lowest BCUT2D eigenvalue weighted by Crippen LogP contribution is -2.18. The molecule has 0 spiro atoms. The molecule has 1 N–H and O–H groups in total. The lowest BCUT2D eigenvalue weighted by molar-refractivity contribution is 0.401. The average molecular weight is 240 g/mol. The number of halogens is 1. The summed E-state index contributed by atoms with van der Waals surface area (Å²) in [7, 11) is 0. The number of rotatable bonds is 2. The van der Waals surface area contributed by atoms with Crippen molar-refractivity contribution >= 4 is 11.6 Å². The summed E-state index contributed by atoms with van der Waals surface area (Å²) in [6.45, 7) is 1.78. The molecule has 4 nitrogen and oxygen atoms in total. The highest BCUT2D eigenvalue weighted by atomic mass is 35.5. The van der Waals surface area contributed by atoms with Gasteiger partial charge in [-0.25, -0.2) is 9.36 Å². The van der Waals surface area contributed by atoms with Gasteiger partial charge in [0.25, 0.3) is 0 Å². The van der Waals surface area contributed by atoms with Gasteiger partial charge in [-0.2, -0.15) is 0 Å². The van der Waals surface area contributed by atoms with E-state index in [1.807, 2.05) is 6.07 Å². The van der Waals surface area contributed by atoms with Crippen LogP contribution in [0.3, 0.4) is 0 Å². The van der Waals surface area contributed by atoms with Gasteiger partial charge in [-0.15, -0.1) is 0 Å². The van der Waals surface area contributed by atoms with Gasteiger partial charge >= 0.3 is 5.76 Å². The van der Waals surface area contributed by atoms with Crippen molar-refractivity contribution in [1.29, 1.82) is 0 Å². The fourth-order valence-electron chi connectivity index (χ4n) is 1.58. The summed E-state index contributed by atoms with van der Waals surface area (Å²) in [5, 5.41) is 10.1. The van der Waals surface area contributed by atoms with Crippen LogP contribution < -0.4 is 5.76 Å². The Morgan fingerprint density at radius 2 is 2.25 bits per heavy atom. The van der Waals surface area contributed by atoms with Gasteiger partial charge in [-0.3, -0.25) is 0 Å². The van der Waals surface area contributed by atoms with Crippen molar-refractivity contribution in [1.82, 2.24) is 4.57 Å². The second-order valence-corrected chi connectivity index (χ2v) is 3.90. The zero-order valence-electron chi connectivity index (χ0n) is 8.55. The number of hydrogen-bond acceptors (Lipinski definition) is 3. The molecule has 84 valence electrons. The number of nitrogens with zero attached hydrogens (tertiary/aromatic N) is 1. The van der Waals surface area contributed by atoms with Crippen LogP contribution in [-0.4, -0.2) is 9.67 Å². The minimum Gasteiger partial charge on any atom is -0.492 e. The third kappa shape index (κ3) is 1.84. The zero-order valence-corrected chi connectivity index (χ0v) is 9.31. The van der Waals surface area contributed by atoms with Crippen LogP contribution in [0.15, 0.2) is 39.7 Å². The molecule has 1 heterocycles. The van der Waals surface area contributed by atoms with Crippen molar-refractivity contribution in [3.05, 3.63) is 51.7 Å². The van der Waals surface area contributed by atoms with Crippen molar-refractivity contribution in [3.63, 3.8) is 0 Å². The predicted molar refractivity (Wildman–Crippen MR) is 59.9 cm³/mol. The molecule has 0 radical (unpaired) electrons. The standard InChI is InChI=1S/C11H10ClNO3/c1-7(8-3-2-4-9(12)5-8)13-10(14)6-16-11(13)15/h2-7,14H,1H3. The van der Waals surface area contributed by atoms with Gasteiger partial charge in [0.1, 0.15) is 0 Å². The second kappa shape index (κ2) is 4.06. The molecule has 0 aliphatic rings. The van der Waals surface area contributed by atoms with E-state index < -0.39 is 5.76 Å². The van der Waals surface area contributed by atoms with Gasteiger partial charge in [0.15, 0.2) is 6.26 Å². The van der Waals surface area contributed by atoms with Gasteiger partial charge in [0, 0.05) is 5.02 Å². The highest BCUT2D eigenvalue weighted by molar-refractivity contribution is 6.30. The lowest BCUT2D eigenvalue weighted by Gasteiger charge is -2.12. The molecule has 2 aromatic rings. The summed E-state index contributed by atoms with van der Waals surface area (Å²) in [5.41, 5.74) is 0.825. The first-order chi connectivity index (χ1) is 7.59. The van der Waals surface area contributed by atoms with Crippen molar-refractivity contribution < 1.29 is 9.52 Å². The van der Waals surface area contributed by atoms with E-state index in [4.69, 9.17) is 11.6 Å². The maximum atomic E-state index is 11.3. The number of aromatic nitrogens is 1. The topological polar surface area (TPSA) is 55.4 Å². The molecule has 1 unspecified atom stereocenters. The summed E-state index contributed by atoms with van der Waals surface area (Å²) in [6, 6.07) is 6.78. The average Bonchev–Trinajstić information content (AvgIpc) is 2.58. The molecule has 1 atom stereocenters. The molecule has 0 bridgehead atoms. The molecule has 0 saturated heterocycles. The summed E-state index contributed by atoms with van der Waals surface area (Å²) in [5.74, 6) is -0.789. The molecule has 0 aliphatic heterocycles. The number of aromatic hydroxyl groups is 1. The number of benzene rings is 1. The summed E-state index contributed by atoms with van der Waals surface area (Å²) >= 11 is 5.86. The van der Waals surface area contributed by atoms with Crippen LogP contribution in [0.5, 0.6) is 5.88 Å². The van der Waals surface area contributed by atoms with E-state index in [2.05, 4.69) is 4.42 Å². The van der Waals surface area contributed by atoms with E-state index in [1.54, 1.807) is 25.1 Å². The Bertz CT molecular complexity index is 558. The van der Waals surface area contributed by atoms with E-state index in [0.29, 0.717) is 5.02 Å². The van der Waals surface area contributed by atoms with Crippen LogP contribution in [0.1, 0.15) is 18.5 Å². The molecule has 0 aliphatic carbocycles. The molecule has 0 saturated carbocycles. The predicted octanol–water partition coefficient (Wildman–Crippen LogP) is 2.41. The van der Waals surface area contributed by atoms with Gasteiger partial charge in [-0.05, 0) is 24.6 Å². The van der Waals surface area contributed by atoms with Crippen molar-refractivity contribution in [2.75, 3.05) is 0 Å². The minimum absolute atomic E-state index is 0.197. The molecule has 5 heteroatoms. The van der Waals surface area contributed by atoms with E-state index in [0.717, 1.165) is 16.4 Å². The third-order valence-electron chi connectivity index (χ3n) is 2.43. The van der Waals surface area contributed by atoms with E-state index >= 15 is 0 Å². The Morgan fingerprint density at radius 1 is 1.50 bits per heavy atom. The molecule has 2 rings (SSSR count). The monoisotopic (exact) mass is 239 g/mol. The molecule has 0 fully saturated rings. The van der Waals surface area contributed by atoms with Crippen molar-refractivity contribution in [2.24, 2.45) is 0 Å². The quantitative estimate of drug-likeness (QED) is 0.876. The van der Waals surface area contributed by atoms with E-state index in [1.165, 1.54) is 0 Å².